The number of anilines is 1. The molecule has 31 heavy (non-hydrogen) atoms. The van der Waals surface area contributed by atoms with Gasteiger partial charge in [-0.25, -0.2) is 8.42 Å². The summed E-state index contributed by atoms with van der Waals surface area (Å²) in [5.41, 5.74) is 6.88. The molecule has 3 rings (SSSR count). The van der Waals surface area contributed by atoms with Crippen LogP contribution in [0.2, 0.25) is 0 Å². The number of rotatable bonds is 9. The van der Waals surface area contributed by atoms with Crippen LogP contribution in [0.4, 0.5) is 5.00 Å². The number of methoxy groups -OCH3 is 1. The van der Waals surface area contributed by atoms with Crippen LogP contribution in [0.25, 0.3) is 0 Å². The van der Waals surface area contributed by atoms with Gasteiger partial charge in [-0.3, -0.25) is 14.5 Å². The molecular formula is C21H27N3O5S2. The largest absolute Gasteiger partial charge is 0.497 e. The molecule has 10 heteroatoms. The lowest BCUT2D eigenvalue weighted by atomic mass is 10.0. The van der Waals surface area contributed by atoms with Gasteiger partial charge in [-0.05, 0) is 49.2 Å². The minimum Gasteiger partial charge on any atom is -0.497 e. The van der Waals surface area contributed by atoms with Gasteiger partial charge in [0.1, 0.15) is 10.8 Å². The normalized spacial score (nSPS) is 14.1. The fourth-order valence-corrected chi connectivity index (χ4v) is 6.21. The summed E-state index contributed by atoms with van der Waals surface area (Å²) >= 11 is 1.37. The van der Waals surface area contributed by atoms with E-state index in [-0.39, 0.29) is 29.4 Å². The van der Waals surface area contributed by atoms with Crippen LogP contribution in [0.5, 0.6) is 5.75 Å². The minimum atomic E-state index is -3.50. The number of likely N-dealkylation sites (N-methyl/N-ethyl adjacent to an activating group) is 1. The molecule has 2 amide bonds. The smallest absolute Gasteiger partial charge is 0.251 e. The average Bonchev–Trinajstić information content (AvgIpc) is 3.10. The van der Waals surface area contributed by atoms with Crippen molar-refractivity contribution >= 4 is 38.0 Å². The first-order valence-corrected chi connectivity index (χ1v) is 12.6. The molecule has 0 unspecified atom stereocenters. The number of thiophene rings is 1. The van der Waals surface area contributed by atoms with Crippen LogP contribution < -0.4 is 15.8 Å². The molecule has 0 saturated heterocycles. The molecule has 1 aromatic carbocycles. The van der Waals surface area contributed by atoms with Gasteiger partial charge in [-0.1, -0.05) is 6.92 Å². The molecule has 3 N–H and O–H groups in total. The first-order chi connectivity index (χ1) is 14.7. The van der Waals surface area contributed by atoms with Crippen LogP contribution in [-0.2, 0) is 27.6 Å². The zero-order valence-corrected chi connectivity index (χ0v) is 19.3. The lowest BCUT2D eigenvalue weighted by molar-refractivity contribution is -0.116. The van der Waals surface area contributed by atoms with E-state index in [4.69, 9.17) is 10.5 Å². The molecule has 0 aliphatic carbocycles. The van der Waals surface area contributed by atoms with Crippen molar-refractivity contribution in [2.45, 2.75) is 37.6 Å². The maximum absolute atomic E-state index is 12.5. The standard InChI is InChI=1S/C21H27N3O5S2/c1-3-24-11-10-16-17(13-24)30-21(19(16)20(22)26)23-18(25)5-4-12-31(27,28)15-8-6-14(29-2)7-9-15/h6-9H,3-5,10-13H2,1-2H3,(H2,22,26)(H,23,25). The summed E-state index contributed by atoms with van der Waals surface area (Å²) < 4.78 is 30.0. The van der Waals surface area contributed by atoms with Gasteiger partial charge in [-0.2, -0.15) is 0 Å². The number of nitrogens with one attached hydrogen (secondary N) is 1. The number of hydrogen-bond donors (Lipinski definition) is 2. The third kappa shape index (κ3) is 5.44. The highest BCUT2D eigenvalue weighted by Crippen LogP contribution is 2.37. The van der Waals surface area contributed by atoms with Gasteiger partial charge in [0.2, 0.25) is 5.91 Å². The second-order valence-electron chi connectivity index (χ2n) is 7.34. The summed E-state index contributed by atoms with van der Waals surface area (Å²) in [5.74, 6) is -0.468. The van der Waals surface area contributed by atoms with Crippen molar-refractivity contribution in [1.82, 2.24) is 4.90 Å². The van der Waals surface area contributed by atoms with Gasteiger partial charge >= 0.3 is 0 Å². The molecule has 8 nitrogen and oxygen atoms in total. The number of carbonyl (C=O) groups excluding carboxylic acids is 2. The number of carbonyl (C=O) groups is 2. The number of hydrogen-bond acceptors (Lipinski definition) is 7. The van der Waals surface area contributed by atoms with E-state index < -0.39 is 15.7 Å². The van der Waals surface area contributed by atoms with Gasteiger partial charge in [0.05, 0.1) is 23.3 Å². The molecule has 0 radical (unpaired) electrons. The second kappa shape index (κ2) is 9.80. The number of sulfone groups is 1. The average molecular weight is 466 g/mol. The van der Waals surface area contributed by atoms with Gasteiger partial charge in [0.25, 0.3) is 5.91 Å². The lowest BCUT2D eigenvalue weighted by Crippen LogP contribution is -2.30. The highest BCUT2D eigenvalue weighted by atomic mass is 32.2. The summed E-state index contributed by atoms with van der Waals surface area (Å²) in [6.45, 7) is 4.56. The molecule has 0 saturated carbocycles. The summed E-state index contributed by atoms with van der Waals surface area (Å²) in [4.78, 5) is 28.0. The molecule has 1 aliphatic heterocycles. The highest BCUT2D eigenvalue weighted by molar-refractivity contribution is 7.91. The van der Waals surface area contributed by atoms with Crippen LogP contribution in [0.3, 0.4) is 0 Å². The maximum atomic E-state index is 12.5. The molecule has 1 aliphatic rings. The van der Waals surface area contributed by atoms with Crippen molar-refractivity contribution in [3.05, 3.63) is 40.3 Å². The second-order valence-corrected chi connectivity index (χ2v) is 10.6. The minimum absolute atomic E-state index is 0.0250. The number of nitrogens with two attached hydrogens (primary N) is 1. The fourth-order valence-electron chi connectivity index (χ4n) is 3.59. The highest BCUT2D eigenvalue weighted by Gasteiger charge is 2.27. The Morgan fingerprint density at radius 2 is 1.97 bits per heavy atom. The summed E-state index contributed by atoms with van der Waals surface area (Å²) in [6, 6.07) is 6.15. The molecule has 2 aromatic rings. The maximum Gasteiger partial charge on any atom is 0.251 e. The predicted octanol–water partition coefficient (Wildman–Crippen LogP) is 2.43. The number of ether oxygens (including phenoxy) is 1. The van der Waals surface area contributed by atoms with Gasteiger partial charge in [0.15, 0.2) is 9.84 Å². The van der Waals surface area contributed by atoms with Crippen LogP contribution in [0.15, 0.2) is 29.2 Å². The first kappa shape index (κ1) is 23.2. The Bertz CT molecular complexity index is 1060. The summed E-state index contributed by atoms with van der Waals surface area (Å²) in [7, 11) is -1.99. The van der Waals surface area contributed by atoms with E-state index in [1.807, 2.05) is 0 Å². The fraction of sp³-hybridized carbons (Fsp3) is 0.429. The Labute approximate surface area is 186 Å². The number of amides is 2. The monoisotopic (exact) mass is 465 g/mol. The lowest BCUT2D eigenvalue weighted by Gasteiger charge is -2.25. The Balaban J connectivity index is 1.62. The quantitative estimate of drug-likeness (QED) is 0.587. The van der Waals surface area contributed by atoms with E-state index in [1.54, 1.807) is 12.1 Å². The topological polar surface area (TPSA) is 119 Å². The van der Waals surface area contributed by atoms with Gasteiger partial charge in [0, 0.05) is 24.4 Å². The van der Waals surface area contributed by atoms with E-state index in [2.05, 4.69) is 17.1 Å². The molecule has 168 valence electrons. The predicted molar refractivity (Wildman–Crippen MR) is 120 cm³/mol. The molecule has 0 bridgehead atoms. The van der Waals surface area contributed by atoms with Gasteiger partial charge < -0.3 is 15.8 Å². The van der Waals surface area contributed by atoms with Crippen molar-refractivity contribution in [3.63, 3.8) is 0 Å². The van der Waals surface area contributed by atoms with Crippen LogP contribution in [0.1, 0.15) is 40.6 Å². The van der Waals surface area contributed by atoms with E-state index in [9.17, 15) is 18.0 Å². The van der Waals surface area contributed by atoms with Gasteiger partial charge in [-0.15, -0.1) is 11.3 Å². The van der Waals surface area contributed by atoms with E-state index in [0.29, 0.717) is 22.7 Å². The Kier molecular flexibility index (Phi) is 7.34. The molecule has 0 atom stereocenters. The van der Waals surface area contributed by atoms with E-state index >= 15 is 0 Å². The third-order valence-corrected chi connectivity index (χ3v) is 8.27. The summed E-state index contributed by atoms with van der Waals surface area (Å²) in [5, 5.41) is 3.23. The van der Waals surface area contributed by atoms with Crippen LogP contribution in [0, 0.1) is 0 Å². The number of nitrogens with zero attached hydrogens (tertiary/aromatic N) is 1. The van der Waals surface area contributed by atoms with Crippen LogP contribution >= 0.6 is 11.3 Å². The van der Waals surface area contributed by atoms with Crippen molar-refractivity contribution in [2.75, 3.05) is 31.3 Å². The SMILES string of the molecule is CCN1CCc2c(sc(NC(=O)CCCS(=O)(=O)c3ccc(OC)cc3)c2C(N)=O)C1. The molecular weight excluding hydrogens is 438 g/mol. The Morgan fingerprint density at radius 1 is 1.26 bits per heavy atom. The zero-order chi connectivity index (χ0) is 22.6. The van der Waals surface area contributed by atoms with E-state index in [0.717, 1.165) is 30.1 Å². The number of benzene rings is 1. The molecule has 0 spiro atoms. The number of primary amides is 1. The number of fused-ring (bicyclic) bond motifs is 1. The van der Waals surface area contributed by atoms with Crippen LogP contribution in [-0.4, -0.2) is 51.1 Å². The van der Waals surface area contributed by atoms with Crippen molar-refractivity contribution in [1.29, 1.82) is 0 Å². The first-order valence-electron chi connectivity index (χ1n) is 10.1. The summed E-state index contributed by atoms with van der Waals surface area (Å²) in [6.07, 6.45) is 0.909. The Morgan fingerprint density at radius 3 is 2.58 bits per heavy atom. The zero-order valence-electron chi connectivity index (χ0n) is 17.6. The van der Waals surface area contributed by atoms with Crippen molar-refractivity contribution in [2.24, 2.45) is 5.73 Å². The molecule has 2 heterocycles. The molecule has 0 fully saturated rings. The van der Waals surface area contributed by atoms with E-state index in [1.165, 1.54) is 30.6 Å². The van der Waals surface area contributed by atoms with Crippen molar-refractivity contribution in [3.8, 4) is 5.75 Å². The third-order valence-electron chi connectivity index (χ3n) is 5.32. The molecule has 1 aromatic heterocycles. The Hall–Kier alpha value is -2.43. The van der Waals surface area contributed by atoms with Crippen molar-refractivity contribution < 1.29 is 22.7 Å².